The summed E-state index contributed by atoms with van der Waals surface area (Å²) in [5.41, 5.74) is 7.64. The Morgan fingerprint density at radius 1 is 1.50 bits per heavy atom. The number of hydrogen-bond donors (Lipinski definition) is 1. The third kappa shape index (κ3) is 1.40. The highest BCUT2D eigenvalue weighted by Gasteiger charge is 2.00. The number of fused-ring (bicyclic) bond motifs is 1. The Morgan fingerprint density at radius 3 is 3.00 bits per heavy atom. The SMILES string of the molecule is Cc1ccc2nc(CN)cc(=O)n2c1. The summed E-state index contributed by atoms with van der Waals surface area (Å²) in [6.07, 6.45) is 1.77. The maximum atomic E-state index is 11.6. The Morgan fingerprint density at radius 2 is 2.29 bits per heavy atom. The Kier molecular flexibility index (Phi) is 2.05. The van der Waals surface area contributed by atoms with Crippen LogP contribution in [0.4, 0.5) is 0 Å². The molecule has 4 heteroatoms. The van der Waals surface area contributed by atoms with Gasteiger partial charge in [0.2, 0.25) is 0 Å². The van der Waals surface area contributed by atoms with Gasteiger partial charge in [-0.15, -0.1) is 0 Å². The van der Waals surface area contributed by atoms with Crippen molar-refractivity contribution in [3.8, 4) is 0 Å². The lowest BCUT2D eigenvalue weighted by Crippen LogP contribution is -2.16. The Hall–Kier alpha value is -1.68. The van der Waals surface area contributed by atoms with Crippen LogP contribution in [0.15, 0.2) is 29.2 Å². The van der Waals surface area contributed by atoms with E-state index in [1.807, 2.05) is 19.1 Å². The minimum atomic E-state index is -0.0841. The molecule has 2 rings (SSSR count). The second-order valence-corrected chi connectivity index (χ2v) is 3.22. The normalized spacial score (nSPS) is 10.7. The van der Waals surface area contributed by atoms with Gasteiger partial charge in [0.05, 0.1) is 5.69 Å². The summed E-state index contributed by atoms with van der Waals surface area (Å²) in [5, 5.41) is 0. The van der Waals surface area contributed by atoms with Gasteiger partial charge in [-0.3, -0.25) is 9.20 Å². The molecule has 14 heavy (non-hydrogen) atoms. The van der Waals surface area contributed by atoms with Crippen molar-refractivity contribution < 1.29 is 0 Å². The lowest BCUT2D eigenvalue weighted by Gasteiger charge is -2.02. The minimum Gasteiger partial charge on any atom is -0.325 e. The van der Waals surface area contributed by atoms with Gasteiger partial charge in [-0.1, -0.05) is 6.07 Å². The van der Waals surface area contributed by atoms with E-state index in [-0.39, 0.29) is 5.56 Å². The number of nitrogens with two attached hydrogens (primary N) is 1. The molecule has 0 unspecified atom stereocenters. The number of pyridine rings is 1. The van der Waals surface area contributed by atoms with Gasteiger partial charge in [-0.05, 0) is 18.6 Å². The van der Waals surface area contributed by atoms with Crippen LogP contribution < -0.4 is 11.3 Å². The van der Waals surface area contributed by atoms with Gasteiger partial charge >= 0.3 is 0 Å². The quantitative estimate of drug-likeness (QED) is 0.709. The average molecular weight is 189 g/mol. The molecule has 0 aliphatic carbocycles. The van der Waals surface area contributed by atoms with Gasteiger partial charge in [0.15, 0.2) is 0 Å². The zero-order valence-corrected chi connectivity index (χ0v) is 7.90. The predicted octanol–water partition coefficient (Wildman–Crippen LogP) is 0.462. The fraction of sp³-hybridized carbons (Fsp3) is 0.200. The summed E-state index contributed by atoms with van der Waals surface area (Å²) in [7, 11) is 0. The third-order valence-corrected chi connectivity index (χ3v) is 2.07. The molecule has 0 spiro atoms. The van der Waals surface area contributed by atoms with Crippen molar-refractivity contribution in [2.75, 3.05) is 0 Å². The van der Waals surface area contributed by atoms with E-state index in [2.05, 4.69) is 4.98 Å². The van der Waals surface area contributed by atoms with E-state index < -0.39 is 0 Å². The Labute approximate surface area is 81.0 Å². The molecule has 2 N–H and O–H groups in total. The number of aromatic nitrogens is 2. The third-order valence-electron chi connectivity index (χ3n) is 2.07. The molecule has 0 atom stereocenters. The topological polar surface area (TPSA) is 60.4 Å². The first-order valence-electron chi connectivity index (χ1n) is 4.40. The molecule has 0 saturated carbocycles. The molecule has 2 aromatic rings. The van der Waals surface area contributed by atoms with Gasteiger partial charge in [-0.25, -0.2) is 4.98 Å². The highest BCUT2D eigenvalue weighted by Crippen LogP contribution is 2.01. The van der Waals surface area contributed by atoms with Crippen molar-refractivity contribution in [3.05, 3.63) is 46.0 Å². The molecular formula is C10H11N3O. The van der Waals surface area contributed by atoms with E-state index in [0.29, 0.717) is 17.9 Å². The summed E-state index contributed by atoms with van der Waals surface area (Å²) < 4.78 is 1.52. The number of nitrogens with zero attached hydrogens (tertiary/aromatic N) is 2. The second kappa shape index (κ2) is 3.23. The molecule has 2 aromatic heterocycles. The van der Waals surface area contributed by atoms with E-state index in [0.717, 1.165) is 5.56 Å². The summed E-state index contributed by atoms with van der Waals surface area (Å²) in [5.74, 6) is 0. The van der Waals surface area contributed by atoms with Crippen LogP contribution in [0.3, 0.4) is 0 Å². The van der Waals surface area contributed by atoms with Crippen molar-refractivity contribution in [2.45, 2.75) is 13.5 Å². The molecule has 0 aliphatic rings. The van der Waals surface area contributed by atoms with Crippen molar-refractivity contribution in [3.63, 3.8) is 0 Å². The van der Waals surface area contributed by atoms with Crippen molar-refractivity contribution in [2.24, 2.45) is 5.73 Å². The average Bonchev–Trinajstić information content (AvgIpc) is 2.19. The predicted molar refractivity (Wildman–Crippen MR) is 54.1 cm³/mol. The van der Waals surface area contributed by atoms with E-state index in [1.165, 1.54) is 10.5 Å². The lowest BCUT2D eigenvalue weighted by molar-refractivity contribution is 0.939. The van der Waals surface area contributed by atoms with Gasteiger partial charge in [0.1, 0.15) is 5.65 Å². The summed E-state index contributed by atoms with van der Waals surface area (Å²) in [4.78, 5) is 15.8. The molecule has 72 valence electrons. The summed E-state index contributed by atoms with van der Waals surface area (Å²) >= 11 is 0. The van der Waals surface area contributed by atoms with Crippen LogP contribution in [0.5, 0.6) is 0 Å². The molecule has 0 aromatic carbocycles. The van der Waals surface area contributed by atoms with Crippen LogP contribution >= 0.6 is 0 Å². The van der Waals surface area contributed by atoms with E-state index in [1.54, 1.807) is 6.20 Å². The number of hydrogen-bond acceptors (Lipinski definition) is 3. The maximum absolute atomic E-state index is 11.6. The fourth-order valence-corrected chi connectivity index (χ4v) is 1.36. The monoisotopic (exact) mass is 189 g/mol. The van der Waals surface area contributed by atoms with Crippen molar-refractivity contribution >= 4 is 5.65 Å². The molecule has 4 nitrogen and oxygen atoms in total. The van der Waals surface area contributed by atoms with Crippen LogP contribution in [0.25, 0.3) is 5.65 Å². The molecular weight excluding hydrogens is 178 g/mol. The largest absolute Gasteiger partial charge is 0.325 e. The molecule has 0 bridgehead atoms. The first-order valence-corrected chi connectivity index (χ1v) is 4.40. The smallest absolute Gasteiger partial charge is 0.258 e. The molecule has 0 radical (unpaired) electrons. The molecule has 0 amide bonds. The highest BCUT2D eigenvalue weighted by atomic mass is 16.1. The Bertz CT molecular complexity index is 530. The van der Waals surface area contributed by atoms with Gasteiger partial charge in [0.25, 0.3) is 5.56 Å². The van der Waals surface area contributed by atoms with Crippen molar-refractivity contribution in [1.29, 1.82) is 0 Å². The van der Waals surface area contributed by atoms with Crippen LogP contribution in [0.1, 0.15) is 11.3 Å². The zero-order valence-electron chi connectivity index (χ0n) is 7.90. The fourth-order valence-electron chi connectivity index (χ4n) is 1.36. The second-order valence-electron chi connectivity index (χ2n) is 3.22. The van der Waals surface area contributed by atoms with Crippen LogP contribution in [0.2, 0.25) is 0 Å². The first kappa shape index (κ1) is 8.90. The van der Waals surface area contributed by atoms with E-state index >= 15 is 0 Å². The first-order chi connectivity index (χ1) is 6.70. The van der Waals surface area contributed by atoms with Gasteiger partial charge < -0.3 is 5.73 Å². The zero-order chi connectivity index (χ0) is 10.1. The Balaban J connectivity index is 2.83. The lowest BCUT2D eigenvalue weighted by atomic mass is 10.3. The minimum absolute atomic E-state index is 0.0841. The molecule has 0 saturated heterocycles. The van der Waals surface area contributed by atoms with E-state index in [9.17, 15) is 4.79 Å². The van der Waals surface area contributed by atoms with E-state index in [4.69, 9.17) is 5.73 Å². The van der Waals surface area contributed by atoms with Gasteiger partial charge in [-0.2, -0.15) is 0 Å². The van der Waals surface area contributed by atoms with Gasteiger partial charge in [0, 0.05) is 18.8 Å². The van der Waals surface area contributed by atoms with Crippen LogP contribution in [0, 0.1) is 6.92 Å². The highest BCUT2D eigenvalue weighted by molar-refractivity contribution is 5.39. The maximum Gasteiger partial charge on any atom is 0.258 e. The van der Waals surface area contributed by atoms with Crippen molar-refractivity contribution in [1.82, 2.24) is 9.38 Å². The number of aryl methyl sites for hydroxylation is 1. The molecule has 0 fully saturated rings. The summed E-state index contributed by atoms with van der Waals surface area (Å²) in [6, 6.07) is 5.20. The summed E-state index contributed by atoms with van der Waals surface area (Å²) in [6.45, 7) is 2.22. The molecule has 0 aliphatic heterocycles. The molecule has 2 heterocycles. The number of rotatable bonds is 1. The standard InChI is InChI=1S/C10H11N3O/c1-7-2-3-9-12-8(5-11)4-10(14)13(9)6-7/h2-4,6H,5,11H2,1H3. The van der Waals surface area contributed by atoms with Crippen LogP contribution in [-0.2, 0) is 6.54 Å². The van der Waals surface area contributed by atoms with Crippen LogP contribution in [-0.4, -0.2) is 9.38 Å².